The predicted octanol–water partition coefficient (Wildman–Crippen LogP) is 4.96. The van der Waals surface area contributed by atoms with E-state index in [0.29, 0.717) is 57.5 Å². The fourth-order valence-electron chi connectivity index (χ4n) is 7.74. The van der Waals surface area contributed by atoms with Crippen molar-refractivity contribution >= 4 is 44.8 Å². The number of cyclic esters (lactones) is 1. The predicted molar refractivity (Wildman–Crippen MR) is 180 cm³/mol. The summed E-state index contributed by atoms with van der Waals surface area (Å²) in [6.07, 6.45) is 13.4. The average molecular weight is 677 g/mol. The van der Waals surface area contributed by atoms with Gasteiger partial charge in [-0.2, -0.15) is 0 Å². The average Bonchev–Trinajstić information content (AvgIpc) is 3.95. The normalized spacial score (nSPS) is 28.8. The molecule has 4 bridgehead atoms. The molecule has 4 atom stereocenters. The van der Waals surface area contributed by atoms with Gasteiger partial charge in [0.1, 0.15) is 17.7 Å². The summed E-state index contributed by atoms with van der Waals surface area (Å²) in [7, 11) is -3.91. The van der Waals surface area contributed by atoms with Gasteiger partial charge in [0.05, 0.1) is 18.4 Å². The van der Waals surface area contributed by atoms with Crippen LogP contribution in [0.15, 0.2) is 49.2 Å². The van der Waals surface area contributed by atoms with Gasteiger partial charge in [-0.05, 0) is 80.4 Å². The number of rotatable bonds is 6. The highest BCUT2D eigenvalue weighted by Crippen LogP contribution is 2.53. The Kier molecular flexibility index (Phi) is 8.95. The lowest BCUT2D eigenvalue weighted by Gasteiger charge is -2.41. The summed E-state index contributed by atoms with van der Waals surface area (Å²) < 4.78 is 40.6. The molecule has 11 nitrogen and oxygen atoms in total. The van der Waals surface area contributed by atoms with Crippen molar-refractivity contribution in [2.45, 2.75) is 93.6 Å². The second kappa shape index (κ2) is 13.2. The number of ether oxygens (including phenoxy) is 2. The van der Waals surface area contributed by atoms with Crippen molar-refractivity contribution in [1.29, 1.82) is 0 Å². The van der Waals surface area contributed by atoms with Gasteiger partial charge in [0.2, 0.25) is 21.8 Å². The second-order valence-corrected chi connectivity index (χ2v) is 15.9. The number of fused-ring (bicyclic) bond motifs is 3. The third-order valence-corrected chi connectivity index (χ3v) is 12.5. The maximum absolute atomic E-state index is 14.7. The van der Waals surface area contributed by atoms with E-state index < -0.39 is 44.8 Å². The Hall–Kier alpha value is -3.93. The first-order chi connectivity index (χ1) is 23.2. The first kappa shape index (κ1) is 32.6. The number of nitrogens with zero attached hydrogens (tertiary/aromatic N) is 3. The highest BCUT2D eigenvalue weighted by Gasteiger charge is 2.68. The minimum atomic E-state index is -3.91. The van der Waals surface area contributed by atoms with Crippen molar-refractivity contribution in [2.24, 2.45) is 11.8 Å². The smallest absolute Gasteiger partial charge is 0.411 e. The number of aromatic nitrogens is 1. The molecule has 0 spiro atoms. The highest BCUT2D eigenvalue weighted by atomic mass is 32.2. The van der Waals surface area contributed by atoms with Crippen LogP contribution in [0.5, 0.6) is 5.88 Å². The van der Waals surface area contributed by atoms with Crippen LogP contribution in [0.25, 0.3) is 16.8 Å². The van der Waals surface area contributed by atoms with E-state index in [4.69, 9.17) is 9.47 Å². The van der Waals surface area contributed by atoms with Crippen molar-refractivity contribution < 1.29 is 32.3 Å². The van der Waals surface area contributed by atoms with Crippen molar-refractivity contribution in [3.63, 3.8) is 0 Å². The number of carbonyl (C=O) groups is 3. The van der Waals surface area contributed by atoms with Gasteiger partial charge in [-0.3, -0.25) is 19.2 Å². The van der Waals surface area contributed by atoms with Crippen LogP contribution in [-0.2, 0) is 24.3 Å². The molecule has 3 amide bonds. The van der Waals surface area contributed by atoms with Crippen LogP contribution in [0, 0.1) is 11.8 Å². The molecule has 0 radical (unpaired) electrons. The van der Waals surface area contributed by atoms with E-state index in [9.17, 15) is 22.8 Å². The van der Waals surface area contributed by atoms with Gasteiger partial charge in [-0.15, -0.1) is 6.58 Å². The molecule has 3 heterocycles. The van der Waals surface area contributed by atoms with Gasteiger partial charge >= 0.3 is 6.09 Å². The maximum atomic E-state index is 14.7. The zero-order chi connectivity index (χ0) is 33.5. The third kappa shape index (κ3) is 6.31. The number of amides is 3. The first-order valence-electron chi connectivity index (χ1n) is 17.4. The van der Waals surface area contributed by atoms with Gasteiger partial charge in [-0.25, -0.2) is 18.2 Å². The molecule has 1 saturated heterocycles. The van der Waals surface area contributed by atoms with E-state index in [-0.39, 0.29) is 31.0 Å². The Morgan fingerprint density at radius 3 is 2.62 bits per heavy atom. The lowest BCUT2D eigenvalue weighted by Crippen LogP contribution is -2.63. The first-order valence-corrected chi connectivity index (χ1v) is 18.9. The molecule has 2 aromatic rings. The van der Waals surface area contributed by atoms with E-state index in [1.54, 1.807) is 17.2 Å². The quantitative estimate of drug-likeness (QED) is 0.425. The van der Waals surface area contributed by atoms with E-state index in [1.165, 1.54) is 4.90 Å². The molecule has 3 saturated carbocycles. The van der Waals surface area contributed by atoms with Gasteiger partial charge in [0.15, 0.2) is 0 Å². The third-order valence-electron chi connectivity index (χ3n) is 10.7. The monoisotopic (exact) mass is 676 g/mol. The van der Waals surface area contributed by atoms with Gasteiger partial charge in [0, 0.05) is 30.5 Å². The molecular weight excluding hydrogens is 632 g/mol. The molecular formula is C36H44N4O7S. The SMILES string of the molecule is C=C[C@@H]1C[C@@]1(C(=O)NS(=O)(=O)C1CC1)N1C(=O)OCCCCC=Cc2ccc3ccnc(c3c2)OC2CCN(C2)C(=O)C1C1CCCC1. The van der Waals surface area contributed by atoms with E-state index in [2.05, 4.69) is 40.6 Å². The molecule has 4 fully saturated rings. The Bertz CT molecular complexity index is 1730. The Morgan fingerprint density at radius 1 is 1.06 bits per heavy atom. The standard InChI is InChI=1S/C36H44N4O7S/c1-2-27-22-36(27,34(42)38-48(44,45)29-14-15-29)40-31(26-10-6-7-11-26)33(41)39-19-17-28(23-39)47-32-30-21-24(12-13-25(30)16-18-37-32)9-5-3-4-8-20-46-35(40)43/h2,5,9,12-13,16,18,21,26-29,31H,1,3-4,6-8,10-11,14-15,17,19-20,22-23H2,(H,38,42)/t27-,28?,31?,36-/m1/s1. The second-order valence-electron chi connectivity index (χ2n) is 13.9. The number of benzene rings is 1. The van der Waals surface area contributed by atoms with Crippen LogP contribution in [0.1, 0.15) is 76.2 Å². The molecule has 48 heavy (non-hydrogen) atoms. The molecule has 3 aliphatic carbocycles. The van der Waals surface area contributed by atoms with Crippen LogP contribution in [0.4, 0.5) is 4.79 Å². The molecule has 2 unspecified atom stereocenters. The summed E-state index contributed by atoms with van der Waals surface area (Å²) in [5.74, 6) is -1.29. The Labute approximate surface area is 281 Å². The molecule has 256 valence electrons. The van der Waals surface area contributed by atoms with E-state index in [1.807, 2.05) is 12.1 Å². The molecule has 5 aliphatic rings. The minimum absolute atomic E-state index is 0.107. The molecule has 2 aliphatic heterocycles. The van der Waals surface area contributed by atoms with Gasteiger partial charge in [-0.1, -0.05) is 43.2 Å². The molecule has 7 rings (SSSR count). The summed E-state index contributed by atoms with van der Waals surface area (Å²) in [5, 5.41) is 1.28. The summed E-state index contributed by atoms with van der Waals surface area (Å²) >= 11 is 0. The minimum Gasteiger partial charge on any atom is -0.472 e. The number of hydrogen-bond acceptors (Lipinski definition) is 8. The summed E-state index contributed by atoms with van der Waals surface area (Å²) in [5.41, 5.74) is -0.568. The maximum Gasteiger partial charge on any atom is 0.411 e. The van der Waals surface area contributed by atoms with E-state index >= 15 is 0 Å². The van der Waals surface area contributed by atoms with Gasteiger partial charge in [0.25, 0.3) is 5.91 Å². The summed E-state index contributed by atoms with van der Waals surface area (Å²) in [4.78, 5) is 50.7. The van der Waals surface area contributed by atoms with Crippen molar-refractivity contribution in [3.05, 3.63) is 54.8 Å². The fourth-order valence-corrected chi connectivity index (χ4v) is 9.10. The largest absolute Gasteiger partial charge is 0.472 e. The number of pyridine rings is 1. The van der Waals surface area contributed by atoms with E-state index in [0.717, 1.165) is 42.0 Å². The zero-order valence-corrected chi connectivity index (χ0v) is 28.0. The lowest BCUT2D eigenvalue weighted by atomic mass is 9.92. The molecule has 1 N–H and O–H groups in total. The van der Waals surface area contributed by atoms with Gasteiger partial charge < -0.3 is 14.4 Å². The van der Waals surface area contributed by atoms with Crippen LogP contribution >= 0.6 is 0 Å². The van der Waals surface area contributed by atoms with Crippen molar-refractivity contribution in [1.82, 2.24) is 19.5 Å². The topological polar surface area (TPSA) is 135 Å². The number of carbonyl (C=O) groups excluding carboxylic acids is 3. The summed E-state index contributed by atoms with van der Waals surface area (Å²) in [6, 6.07) is 7.12. The Morgan fingerprint density at radius 2 is 1.88 bits per heavy atom. The highest BCUT2D eigenvalue weighted by molar-refractivity contribution is 7.91. The number of nitrogens with one attached hydrogen (secondary N) is 1. The van der Waals surface area contributed by atoms with Crippen LogP contribution < -0.4 is 9.46 Å². The van der Waals surface area contributed by atoms with Crippen LogP contribution in [0.3, 0.4) is 0 Å². The lowest BCUT2D eigenvalue weighted by molar-refractivity contribution is -0.142. The van der Waals surface area contributed by atoms with Crippen LogP contribution in [-0.4, -0.2) is 83.7 Å². The Balaban J connectivity index is 1.25. The zero-order valence-electron chi connectivity index (χ0n) is 27.2. The fraction of sp³-hybridized carbons (Fsp3) is 0.556. The number of sulfonamides is 1. The molecule has 1 aromatic carbocycles. The van der Waals surface area contributed by atoms with Crippen molar-refractivity contribution in [3.8, 4) is 5.88 Å². The number of hydrogen-bond donors (Lipinski definition) is 1. The molecule has 1 aromatic heterocycles. The molecule has 12 heteroatoms. The van der Waals surface area contributed by atoms with Crippen LogP contribution in [0.2, 0.25) is 0 Å². The summed E-state index contributed by atoms with van der Waals surface area (Å²) in [6.45, 7) is 4.72. The van der Waals surface area contributed by atoms with Crippen molar-refractivity contribution in [2.75, 3.05) is 19.7 Å². The number of allylic oxidation sites excluding steroid dienone is 1.